The van der Waals surface area contributed by atoms with E-state index in [-0.39, 0.29) is 28.5 Å². The van der Waals surface area contributed by atoms with Crippen LogP contribution in [0, 0.1) is 0 Å². The Kier molecular flexibility index (Phi) is 2.27. The monoisotopic (exact) mass is 242 g/mol. The minimum absolute atomic E-state index is 0.00292. The maximum absolute atomic E-state index is 11.8. The lowest BCUT2D eigenvalue weighted by atomic mass is 9.93. The van der Waals surface area contributed by atoms with Crippen LogP contribution in [0.4, 0.5) is 0 Å². The van der Waals surface area contributed by atoms with Crippen LogP contribution in [0.3, 0.4) is 0 Å². The number of hydrogen-bond acceptors (Lipinski definition) is 4. The standard InChI is InChI=1S/C11H11ClO4/c1-11(2)4-7(13)5-3-6(12)8(14)9(15)10(5)16-11/h3,14-15H,4H2,1-2H3. The highest BCUT2D eigenvalue weighted by atomic mass is 35.5. The molecule has 2 N–H and O–H groups in total. The average Bonchev–Trinajstić information content (AvgIpc) is 2.16. The molecule has 0 saturated heterocycles. The Morgan fingerprint density at radius 1 is 1.38 bits per heavy atom. The largest absolute Gasteiger partial charge is 0.503 e. The number of phenols is 2. The van der Waals surface area contributed by atoms with Crippen LogP contribution in [0.5, 0.6) is 17.2 Å². The van der Waals surface area contributed by atoms with E-state index >= 15 is 0 Å². The van der Waals surface area contributed by atoms with Gasteiger partial charge in [-0.2, -0.15) is 0 Å². The number of hydrogen-bond donors (Lipinski definition) is 2. The summed E-state index contributed by atoms with van der Waals surface area (Å²) < 4.78 is 5.47. The first-order valence-electron chi connectivity index (χ1n) is 4.78. The Morgan fingerprint density at radius 3 is 2.62 bits per heavy atom. The number of fused-ring (bicyclic) bond motifs is 1. The molecule has 5 heteroatoms. The van der Waals surface area contributed by atoms with E-state index < -0.39 is 17.1 Å². The van der Waals surface area contributed by atoms with Gasteiger partial charge in [0.25, 0.3) is 0 Å². The van der Waals surface area contributed by atoms with Gasteiger partial charge in [-0.1, -0.05) is 11.6 Å². The first kappa shape index (κ1) is 11.1. The van der Waals surface area contributed by atoms with Crippen LogP contribution in [0.25, 0.3) is 0 Å². The quantitative estimate of drug-likeness (QED) is 0.686. The molecule has 0 radical (unpaired) electrons. The highest BCUT2D eigenvalue weighted by Crippen LogP contribution is 2.47. The van der Waals surface area contributed by atoms with Crippen LogP contribution >= 0.6 is 11.6 Å². The van der Waals surface area contributed by atoms with Gasteiger partial charge in [0.15, 0.2) is 17.3 Å². The summed E-state index contributed by atoms with van der Waals surface area (Å²) >= 11 is 5.67. The molecule has 1 aliphatic heterocycles. The Hall–Kier alpha value is -1.42. The molecule has 0 atom stereocenters. The second-order valence-electron chi connectivity index (χ2n) is 4.39. The number of carbonyl (C=O) groups is 1. The number of Topliss-reactive ketones (excluding diaryl/α,β-unsaturated/α-hetero) is 1. The number of benzene rings is 1. The first-order valence-corrected chi connectivity index (χ1v) is 5.16. The zero-order valence-corrected chi connectivity index (χ0v) is 9.63. The molecule has 0 fully saturated rings. The van der Waals surface area contributed by atoms with Gasteiger partial charge in [-0.25, -0.2) is 0 Å². The summed E-state index contributed by atoms with van der Waals surface area (Å²) in [6.45, 7) is 3.47. The van der Waals surface area contributed by atoms with E-state index in [2.05, 4.69) is 0 Å². The van der Waals surface area contributed by atoms with Crippen molar-refractivity contribution in [3.63, 3.8) is 0 Å². The van der Waals surface area contributed by atoms with Gasteiger partial charge < -0.3 is 14.9 Å². The summed E-state index contributed by atoms with van der Waals surface area (Å²) in [6, 6.07) is 1.31. The van der Waals surface area contributed by atoms with Crippen molar-refractivity contribution in [2.24, 2.45) is 0 Å². The fraction of sp³-hybridized carbons (Fsp3) is 0.364. The van der Waals surface area contributed by atoms with Crippen LogP contribution < -0.4 is 4.74 Å². The fourth-order valence-electron chi connectivity index (χ4n) is 1.71. The molecule has 4 nitrogen and oxygen atoms in total. The van der Waals surface area contributed by atoms with Crippen LogP contribution in [0.1, 0.15) is 30.6 Å². The number of ketones is 1. The van der Waals surface area contributed by atoms with E-state index in [0.29, 0.717) is 0 Å². The molecule has 1 aromatic carbocycles. The second-order valence-corrected chi connectivity index (χ2v) is 4.80. The number of ether oxygens (including phenoxy) is 1. The molecule has 0 amide bonds. The lowest BCUT2D eigenvalue weighted by Gasteiger charge is -2.32. The smallest absolute Gasteiger partial charge is 0.202 e. The molecule has 1 heterocycles. The molecule has 0 aliphatic carbocycles. The Balaban J connectivity index is 2.67. The van der Waals surface area contributed by atoms with Gasteiger partial charge in [0.2, 0.25) is 5.75 Å². The molecule has 0 spiro atoms. The van der Waals surface area contributed by atoms with E-state index in [4.69, 9.17) is 16.3 Å². The predicted molar refractivity (Wildman–Crippen MR) is 58.4 cm³/mol. The zero-order valence-electron chi connectivity index (χ0n) is 8.87. The maximum Gasteiger partial charge on any atom is 0.202 e. The van der Waals surface area contributed by atoms with E-state index in [0.717, 1.165) is 0 Å². The van der Waals surface area contributed by atoms with Crippen molar-refractivity contribution in [2.75, 3.05) is 0 Å². The van der Waals surface area contributed by atoms with E-state index in [1.807, 2.05) is 0 Å². The van der Waals surface area contributed by atoms with E-state index in [1.165, 1.54) is 6.07 Å². The molecule has 1 aromatic rings. The Labute approximate surface area is 97.4 Å². The summed E-state index contributed by atoms with van der Waals surface area (Å²) in [4.78, 5) is 11.8. The van der Waals surface area contributed by atoms with Gasteiger partial charge in [-0.15, -0.1) is 0 Å². The Bertz CT molecular complexity index is 479. The second kappa shape index (κ2) is 3.28. The minimum Gasteiger partial charge on any atom is -0.503 e. The van der Waals surface area contributed by atoms with Crippen molar-refractivity contribution < 1.29 is 19.7 Å². The average molecular weight is 243 g/mol. The number of aromatic hydroxyl groups is 2. The first-order chi connectivity index (χ1) is 7.32. The molecule has 86 valence electrons. The normalized spacial score (nSPS) is 17.8. The van der Waals surface area contributed by atoms with Crippen molar-refractivity contribution in [1.82, 2.24) is 0 Å². The van der Waals surface area contributed by atoms with Gasteiger partial charge in [0.1, 0.15) is 5.60 Å². The molecule has 16 heavy (non-hydrogen) atoms. The van der Waals surface area contributed by atoms with Gasteiger partial charge in [-0.3, -0.25) is 4.79 Å². The van der Waals surface area contributed by atoms with Gasteiger partial charge >= 0.3 is 0 Å². The van der Waals surface area contributed by atoms with Crippen LogP contribution in [0.2, 0.25) is 5.02 Å². The van der Waals surface area contributed by atoms with Crippen molar-refractivity contribution in [3.8, 4) is 17.2 Å². The van der Waals surface area contributed by atoms with E-state index in [9.17, 15) is 15.0 Å². The molecule has 0 bridgehead atoms. The summed E-state index contributed by atoms with van der Waals surface area (Å²) in [5.41, 5.74) is -0.485. The molecule has 0 saturated carbocycles. The third-order valence-electron chi connectivity index (χ3n) is 2.45. The van der Waals surface area contributed by atoms with Gasteiger partial charge in [0, 0.05) is 0 Å². The highest BCUT2D eigenvalue weighted by molar-refractivity contribution is 6.33. The molecule has 1 aliphatic rings. The number of phenolic OH excluding ortho intramolecular Hbond substituents is 2. The zero-order chi connectivity index (χ0) is 12.1. The van der Waals surface area contributed by atoms with E-state index in [1.54, 1.807) is 13.8 Å². The van der Waals surface area contributed by atoms with Crippen molar-refractivity contribution in [3.05, 3.63) is 16.7 Å². The van der Waals surface area contributed by atoms with Gasteiger partial charge in [-0.05, 0) is 19.9 Å². The number of halogens is 1. The number of carbonyl (C=O) groups excluding carboxylic acids is 1. The lowest BCUT2D eigenvalue weighted by molar-refractivity contribution is 0.0599. The van der Waals surface area contributed by atoms with Crippen LogP contribution in [-0.4, -0.2) is 21.6 Å². The topological polar surface area (TPSA) is 66.8 Å². The van der Waals surface area contributed by atoms with Crippen molar-refractivity contribution in [2.45, 2.75) is 25.9 Å². The lowest BCUT2D eigenvalue weighted by Crippen LogP contribution is -2.35. The summed E-state index contributed by atoms with van der Waals surface area (Å²) in [7, 11) is 0. The third-order valence-corrected chi connectivity index (χ3v) is 2.73. The minimum atomic E-state index is -0.693. The third kappa shape index (κ3) is 1.59. The summed E-state index contributed by atoms with van der Waals surface area (Å²) in [5.74, 6) is -1.11. The molecular formula is C11H11ClO4. The van der Waals surface area contributed by atoms with Crippen molar-refractivity contribution >= 4 is 17.4 Å². The summed E-state index contributed by atoms with van der Waals surface area (Å²) in [5, 5.41) is 19.0. The highest BCUT2D eigenvalue weighted by Gasteiger charge is 2.35. The molecular weight excluding hydrogens is 232 g/mol. The molecule has 0 unspecified atom stereocenters. The predicted octanol–water partition coefficient (Wildman–Crippen LogP) is 2.50. The molecule has 0 aromatic heterocycles. The summed E-state index contributed by atoms with van der Waals surface area (Å²) in [6.07, 6.45) is 0.209. The van der Waals surface area contributed by atoms with Crippen molar-refractivity contribution in [1.29, 1.82) is 0 Å². The fourth-order valence-corrected chi connectivity index (χ4v) is 1.91. The maximum atomic E-state index is 11.8. The van der Waals surface area contributed by atoms with Crippen LogP contribution in [-0.2, 0) is 0 Å². The number of rotatable bonds is 0. The SMILES string of the molecule is CC1(C)CC(=O)c2cc(Cl)c(O)c(O)c2O1. The van der Waals surface area contributed by atoms with Crippen LogP contribution in [0.15, 0.2) is 6.07 Å². The van der Waals surface area contributed by atoms with Gasteiger partial charge in [0.05, 0.1) is 17.0 Å². The molecule has 2 rings (SSSR count). The Morgan fingerprint density at radius 2 is 2.00 bits per heavy atom.